The van der Waals surface area contributed by atoms with E-state index in [1.807, 2.05) is 0 Å². The lowest BCUT2D eigenvalue weighted by molar-refractivity contribution is -0.145. The summed E-state index contributed by atoms with van der Waals surface area (Å²) < 4.78 is 16.1. The zero-order valence-electron chi connectivity index (χ0n) is 12.1. The summed E-state index contributed by atoms with van der Waals surface area (Å²) in [5.41, 5.74) is 8.44. The molecule has 1 rings (SSSR count). The molecule has 1 aromatic rings. The number of benzene rings is 1. The van der Waals surface area contributed by atoms with E-state index in [4.69, 9.17) is 19.9 Å². The van der Waals surface area contributed by atoms with Crippen molar-refractivity contribution in [1.29, 1.82) is 0 Å². The maximum atomic E-state index is 11.3. The van der Waals surface area contributed by atoms with E-state index in [1.165, 1.54) is 13.3 Å². The van der Waals surface area contributed by atoms with Gasteiger partial charge in [0.15, 0.2) is 23.2 Å². The van der Waals surface area contributed by atoms with Crippen molar-refractivity contribution in [1.82, 2.24) is 5.43 Å². The van der Waals surface area contributed by atoms with Crippen LogP contribution in [0.5, 0.6) is 11.5 Å². The minimum atomic E-state index is -0.452. The normalized spacial score (nSPS) is 10.3. The first-order chi connectivity index (χ1) is 10.5. The number of ether oxygens (including phenoxy) is 3. The number of hydrogen-bond acceptors (Lipinski definition) is 6. The molecule has 0 heterocycles. The molecule has 0 saturated carbocycles. The third-order valence-corrected chi connectivity index (χ3v) is 3.09. The molecule has 120 valence electrons. The summed E-state index contributed by atoms with van der Waals surface area (Å²) >= 11 is 8.03. The Morgan fingerprint density at radius 2 is 2.23 bits per heavy atom. The van der Waals surface area contributed by atoms with Crippen LogP contribution in [0, 0.1) is 0 Å². The van der Waals surface area contributed by atoms with Gasteiger partial charge in [0.1, 0.15) is 0 Å². The largest absolute Gasteiger partial charge is 0.493 e. The summed E-state index contributed by atoms with van der Waals surface area (Å²) in [5.74, 6) is 0.401. The minimum Gasteiger partial charge on any atom is -0.493 e. The van der Waals surface area contributed by atoms with Gasteiger partial charge >= 0.3 is 5.97 Å². The number of carbonyl (C=O) groups is 1. The highest BCUT2D eigenvalue weighted by Crippen LogP contribution is 2.32. The van der Waals surface area contributed by atoms with E-state index in [-0.39, 0.29) is 11.7 Å². The van der Waals surface area contributed by atoms with Crippen molar-refractivity contribution in [3.8, 4) is 11.5 Å². The number of halogens is 1. The summed E-state index contributed by atoms with van der Waals surface area (Å²) in [4.78, 5) is 11.3. The first kappa shape index (κ1) is 18.2. The van der Waals surface area contributed by atoms with Gasteiger partial charge in [0.2, 0.25) is 0 Å². The van der Waals surface area contributed by atoms with Crippen LogP contribution < -0.4 is 20.6 Å². The number of carbonyl (C=O) groups excluding carboxylic acids is 1. The summed E-state index contributed by atoms with van der Waals surface area (Å²) in [6.45, 7) is 1.83. The lowest BCUT2D eigenvalue weighted by Crippen LogP contribution is -2.24. The van der Waals surface area contributed by atoms with Gasteiger partial charge < -0.3 is 19.9 Å². The molecule has 1 aromatic carbocycles. The maximum Gasteiger partial charge on any atom is 0.344 e. The quantitative estimate of drug-likeness (QED) is 0.316. The molecule has 0 bridgehead atoms. The molecule has 0 aliphatic carbocycles. The Morgan fingerprint density at radius 3 is 2.82 bits per heavy atom. The highest BCUT2D eigenvalue weighted by molar-refractivity contribution is 9.10. The van der Waals surface area contributed by atoms with Crippen LogP contribution in [0.15, 0.2) is 21.7 Å². The third kappa shape index (κ3) is 5.86. The molecule has 9 heteroatoms. The van der Waals surface area contributed by atoms with Crippen molar-refractivity contribution in [2.75, 3.05) is 20.3 Å². The number of methoxy groups -OCH3 is 1. The lowest BCUT2D eigenvalue weighted by atomic mass is 10.2. The maximum absolute atomic E-state index is 11.3. The van der Waals surface area contributed by atoms with Gasteiger partial charge in [0.05, 0.1) is 19.9 Å². The molecule has 0 spiro atoms. The van der Waals surface area contributed by atoms with Gasteiger partial charge in [-0.05, 0) is 47.2 Å². The zero-order valence-corrected chi connectivity index (χ0v) is 14.5. The lowest BCUT2D eigenvalue weighted by Gasteiger charge is -2.12. The summed E-state index contributed by atoms with van der Waals surface area (Å²) in [7, 11) is 1.49. The summed E-state index contributed by atoms with van der Waals surface area (Å²) in [5, 5.41) is 3.93. The topological polar surface area (TPSA) is 95.2 Å². The van der Waals surface area contributed by atoms with Gasteiger partial charge in [-0.1, -0.05) is 0 Å². The number of thiocarbonyl (C=S) groups is 1. The van der Waals surface area contributed by atoms with E-state index in [0.717, 1.165) is 0 Å². The van der Waals surface area contributed by atoms with Crippen LogP contribution in [0.4, 0.5) is 0 Å². The molecule has 7 nitrogen and oxygen atoms in total. The average molecular weight is 390 g/mol. The highest BCUT2D eigenvalue weighted by atomic mass is 79.9. The highest BCUT2D eigenvalue weighted by Gasteiger charge is 2.11. The molecule has 3 N–H and O–H groups in total. The predicted molar refractivity (Wildman–Crippen MR) is 90.3 cm³/mol. The summed E-state index contributed by atoms with van der Waals surface area (Å²) in [6, 6.07) is 3.36. The molecule has 0 saturated heterocycles. The van der Waals surface area contributed by atoms with Crippen LogP contribution in [0.1, 0.15) is 12.5 Å². The van der Waals surface area contributed by atoms with Crippen molar-refractivity contribution in [3.05, 3.63) is 22.2 Å². The number of hydrazone groups is 1. The van der Waals surface area contributed by atoms with Crippen LogP contribution in [0.2, 0.25) is 0 Å². The number of rotatable bonds is 7. The second-order valence-electron chi connectivity index (χ2n) is 3.85. The standard InChI is InChI=1S/C13H16BrN3O4S/c1-3-20-12(18)7-21-11-5-9(14)8(4-10(11)19-2)6-16-17-13(15)22/h4-6H,3,7H2,1-2H3,(H3,15,17,22). The van der Waals surface area contributed by atoms with E-state index in [9.17, 15) is 4.79 Å². The molecule has 0 aliphatic heterocycles. The second kappa shape index (κ2) is 9.21. The van der Waals surface area contributed by atoms with Crippen molar-refractivity contribution < 1.29 is 19.0 Å². The number of nitrogens with zero attached hydrogens (tertiary/aromatic N) is 1. The fourth-order valence-corrected chi connectivity index (χ4v) is 1.90. The fourth-order valence-electron chi connectivity index (χ4n) is 1.43. The van der Waals surface area contributed by atoms with E-state index in [1.54, 1.807) is 19.1 Å². The Morgan fingerprint density at radius 1 is 1.50 bits per heavy atom. The van der Waals surface area contributed by atoms with E-state index in [0.29, 0.717) is 28.1 Å². The molecular weight excluding hydrogens is 374 g/mol. The predicted octanol–water partition coefficient (Wildman–Crippen LogP) is 1.57. The molecule has 22 heavy (non-hydrogen) atoms. The average Bonchev–Trinajstić information content (AvgIpc) is 2.46. The SMILES string of the molecule is CCOC(=O)COc1cc(Br)c(C=NNC(N)=S)cc1OC. The molecule has 0 amide bonds. The first-order valence-corrected chi connectivity index (χ1v) is 7.42. The molecule has 0 fully saturated rings. The van der Waals surface area contributed by atoms with E-state index >= 15 is 0 Å². The van der Waals surface area contributed by atoms with Crippen LogP contribution in [-0.2, 0) is 9.53 Å². The fraction of sp³-hybridized carbons (Fsp3) is 0.308. The van der Waals surface area contributed by atoms with Gasteiger partial charge in [-0.2, -0.15) is 5.10 Å². The van der Waals surface area contributed by atoms with Gasteiger partial charge in [-0.25, -0.2) is 4.79 Å². The number of hydrogen-bond donors (Lipinski definition) is 2. The molecule has 0 aromatic heterocycles. The van der Waals surface area contributed by atoms with Crippen LogP contribution in [0.3, 0.4) is 0 Å². The van der Waals surface area contributed by atoms with Crippen LogP contribution in [-0.4, -0.2) is 37.6 Å². The Hall–Kier alpha value is -1.87. The van der Waals surface area contributed by atoms with Gasteiger partial charge in [0.25, 0.3) is 0 Å². The summed E-state index contributed by atoms with van der Waals surface area (Å²) in [6.07, 6.45) is 1.51. The van der Waals surface area contributed by atoms with Crippen molar-refractivity contribution in [3.63, 3.8) is 0 Å². The van der Waals surface area contributed by atoms with Crippen LogP contribution in [0.25, 0.3) is 0 Å². The van der Waals surface area contributed by atoms with Gasteiger partial charge in [-0.3, -0.25) is 5.43 Å². The molecule has 0 radical (unpaired) electrons. The number of nitrogens with two attached hydrogens (primary N) is 1. The smallest absolute Gasteiger partial charge is 0.344 e. The molecule has 0 unspecified atom stereocenters. The monoisotopic (exact) mass is 389 g/mol. The second-order valence-corrected chi connectivity index (χ2v) is 5.15. The van der Waals surface area contributed by atoms with Gasteiger partial charge in [0, 0.05) is 10.0 Å². The number of esters is 1. The van der Waals surface area contributed by atoms with Crippen LogP contribution >= 0.6 is 28.1 Å². The van der Waals surface area contributed by atoms with E-state index < -0.39 is 5.97 Å². The number of nitrogens with one attached hydrogen (secondary N) is 1. The van der Waals surface area contributed by atoms with Gasteiger partial charge in [-0.15, -0.1) is 0 Å². The molecular formula is C13H16BrN3O4S. The van der Waals surface area contributed by atoms with Crippen molar-refractivity contribution >= 4 is 45.4 Å². The van der Waals surface area contributed by atoms with Crippen molar-refractivity contribution in [2.45, 2.75) is 6.92 Å². The minimum absolute atomic E-state index is 0.0636. The van der Waals surface area contributed by atoms with E-state index in [2.05, 4.69) is 38.7 Å². The van der Waals surface area contributed by atoms with Crippen molar-refractivity contribution in [2.24, 2.45) is 10.8 Å². The Kier molecular flexibility index (Phi) is 7.61. The first-order valence-electron chi connectivity index (χ1n) is 6.22. The Balaban J connectivity index is 2.87. The zero-order chi connectivity index (χ0) is 16.5. The molecule has 0 aliphatic rings. The Labute approximate surface area is 141 Å². The third-order valence-electron chi connectivity index (χ3n) is 2.31. The Bertz CT molecular complexity index is 581. The molecule has 0 atom stereocenters.